The average molecular weight is 362 g/mol. The molecule has 8 heteroatoms. The summed E-state index contributed by atoms with van der Waals surface area (Å²) < 4.78 is 35.8. The lowest BCUT2D eigenvalue weighted by Gasteiger charge is -2.12. The number of nitrogens with two attached hydrogens (primary N) is 1. The first-order chi connectivity index (χ1) is 11.7. The molecule has 2 amide bonds. The Balaban J connectivity index is 2.60. The van der Waals surface area contributed by atoms with Gasteiger partial charge in [0.05, 0.1) is 10.5 Å². The van der Waals surface area contributed by atoms with Crippen LogP contribution in [-0.2, 0) is 19.6 Å². The van der Waals surface area contributed by atoms with Crippen LogP contribution in [0.1, 0.15) is 18.1 Å². The van der Waals surface area contributed by atoms with Crippen molar-refractivity contribution < 1.29 is 22.4 Å². The molecule has 2 rings (SSSR count). The Morgan fingerprint density at radius 2 is 1.56 bits per heavy atom. The second-order valence-electron chi connectivity index (χ2n) is 5.17. The van der Waals surface area contributed by atoms with E-state index in [1.807, 2.05) is 0 Å². The van der Waals surface area contributed by atoms with Crippen LogP contribution in [-0.4, -0.2) is 20.7 Å². The van der Waals surface area contributed by atoms with Crippen molar-refractivity contribution in [3.63, 3.8) is 0 Å². The molecule has 0 atom stereocenters. The fourth-order valence-corrected chi connectivity index (χ4v) is 2.81. The highest BCUT2D eigenvalue weighted by Gasteiger charge is 2.17. The van der Waals surface area contributed by atoms with Crippen molar-refractivity contribution in [2.45, 2.75) is 11.8 Å². The number of allylic oxidation sites excluding steroid dienone is 1. The number of nitrogens with one attached hydrogen (secondary N) is 1. The molecule has 25 heavy (non-hydrogen) atoms. The van der Waals surface area contributed by atoms with Crippen molar-refractivity contribution in [1.82, 2.24) is 5.32 Å². The van der Waals surface area contributed by atoms with Crippen LogP contribution in [0.15, 0.2) is 53.4 Å². The van der Waals surface area contributed by atoms with E-state index in [1.165, 1.54) is 48.5 Å². The zero-order chi connectivity index (χ0) is 18.6. The maximum Gasteiger partial charge on any atom is 0.258 e. The van der Waals surface area contributed by atoms with Crippen LogP contribution in [0.4, 0.5) is 4.39 Å². The molecule has 0 saturated carbocycles. The zero-order valence-corrected chi connectivity index (χ0v) is 14.0. The molecule has 0 saturated heterocycles. The maximum atomic E-state index is 13.1. The summed E-state index contributed by atoms with van der Waals surface area (Å²) in [6.45, 7) is 1.64. The van der Waals surface area contributed by atoms with E-state index in [1.54, 1.807) is 6.92 Å². The zero-order valence-electron chi connectivity index (χ0n) is 13.2. The summed E-state index contributed by atoms with van der Waals surface area (Å²) in [5, 5.41) is 7.11. The van der Waals surface area contributed by atoms with Crippen LogP contribution in [0, 0.1) is 5.82 Å². The number of hydrogen-bond donors (Lipinski definition) is 2. The number of imide groups is 1. The van der Waals surface area contributed by atoms with Gasteiger partial charge in [-0.15, -0.1) is 0 Å². The van der Waals surface area contributed by atoms with Gasteiger partial charge in [-0.05, 0) is 47.9 Å². The third-order valence-corrected chi connectivity index (χ3v) is 4.47. The highest BCUT2D eigenvalue weighted by atomic mass is 32.2. The topological polar surface area (TPSA) is 106 Å². The Morgan fingerprint density at radius 3 is 2.04 bits per heavy atom. The van der Waals surface area contributed by atoms with Gasteiger partial charge in [-0.1, -0.05) is 24.3 Å². The summed E-state index contributed by atoms with van der Waals surface area (Å²) >= 11 is 0. The van der Waals surface area contributed by atoms with Crippen LogP contribution in [0.25, 0.3) is 11.1 Å². The van der Waals surface area contributed by atoms with Crippen LogP contribution < -0.4 is 10.5 Å². The standard InChI is InChI=1S/C17H15FN2O4S/c1-11(12-2-6-14(18)7-3-12)16(17(22)20-10-21)13-4-8-15(9-5-13)25(19,23)24/h2-10H,1H3,(H2,19,23,24)(H,20,21,22)/b16-11+. The van der Waals surface area contributed by atoms with Gasteiger partial charge in [0, 0.05) is 0 Å². The van der Waals surface area contributed by atoms with Crippen LogP contribution >= 0.6 is 0 Å². The molecule has 0 aliphatic heterocycles. The first kappa shape index (κ1) is 18.5. The number of carbonyl (C=O) groups is 2. The van der Waals surface area contributed by atoms with E-state index in [-0.39, 0.29) is 16.9 Å². The number of benzene rings is 2. The smallest absolute Gasteiger partial charge is 0.258 e. The molecular formula is C17H15FN2O4S. The van der Waals surface area contributed by atoms with Gasteiger partial charge in [-0.2, -0.15) is 0 Å². The molecule has 2 aromatic rings. The summed E-state index contributed by atoms with van der Waals surface area (Å²) in [6, 6.07) is 10.8. The molecule has 0 aliphatic carbocycles. The summed E-state index contributed by atoms with van der Waals surface area (Å²) in [4.78, 5) is 22.8. The Kier molecular flexibility index (Phi) is 5.45. The molecule has 0 spiro atoms. The van der Waals surface area contributed by atoms with Gasteiger partial charge in [0.15, 0.2) is 0 Å². The van der Waals surface area contributed by atoms with E-state index in [4.69, 9.17) is 5.14 Å². The minimum atomic E-state index is -3.87. The molecule has 0 aromatic heterocycles. The van der Waals surface area contributed by atoms with Gasteiger partial charge < -0.3 is 0 Å². The summed E-state index contributed by atoms with van der Waals surface area (Å²) in [6.07, 6.45) is 0.249. The number of primary sulfonamides is 1. The lowest BCUT2D eigenvalue weighted by atomic mass is 9.95. The van der Waals surface area contributed by atoms with Gasteiger partial charge >= 0.3 is 0 Å². The molecule has 6 nitrogen and oxygen atoms in total. The first-order valence-corrected chi connectivity index (χ1v) is 8.63. The van der Waals surface area contributed by atoms with Crippen molar-refractivity contribution >= 4 is 33.5 Å². The number of carbonyl (C=O) groups excluding carboxylic acids is 2. The lowest BCUT2D eigenvalue weighted by Crippen LogP contribution is -2.23. The van der Waals surface area contributed by atoms with Crippen LogP contribution in [0.5, 0.6) is 0 Å². The van der Waals surface area contributed by atoms with E-state index in [2.05, 4.69) is 5.32 Å². The predicted octanol–water partition coefficient (Wildman–Crippen LogP) is 1.68. The Bertz CT molecular complexity index is 934. The van der Waals surface area contributed by atoms with Crippen molar-refractivity contribution in [2.24, 2.45) is 5.14 Å². The van der Waals surface area contributed by atoms with Crippen LogP contribution in [0.3, 0.4) is 0 Å². The highest BCUT2D eigenvalue weighted by molar-refractivity contribution is 7.89. The molecule has 0 aliphatic rings. The first-order valence-electron chi connectivity index (χ1n) is 7.08. The lowest BCUT2D eigenvalue weighted by molar-refractivity contribution is -0.121. The third-order valence-electron chi connectivity index (χ3n) is 3.54. The molecule has 3 N–H and O–H groups in total. The average Bonchev–Trinajstić information content (AvgIpc) is 2.55. The van der Waals surface area contributed by atoms with Gasteiger partial charge in [0.25, 0.3) is 5.91 Å². The maximum absolute atomic E-state index is 13.1. The SMILES string of the molecule is C/C(=C(\C(=O)NC=O)c1ccc(S(N)(=O)=O)cc1)c1ccc(F)cc1. The predicted molar refractivity (Wildman–Crippen MR) is 90.9 cm³/mol. The van der Waals surface area contributed by atoms with E-state index in [9.17, 15) is 22.4 Å². The number of amides is 2. The van der Waals surface area contributed by atoms with E-state index >= 15 is 0 Å². The number of halogens is 1. The highest BCUT2D eigenvalue weighted by Crippen LogP contribution is 2.27. The molecular weight excluding hydrogens is 347 g/mol. The molecule has 2 aromatic carbocycles. The van der Waals surface area contributed by atoms with Crippen molar-refractivity contribution in [1.29, 1.82) is 0 Å². The second-order valence-corrected chi connectivity index (χ2v) is 6.73. The summed E-state index contributed by atoms with van der Waals surface area (Å²) in [7, 11) is -3.87. The minimum absolute atomic E-state index is 0.106. The van der Waals surface area contributed by atoms with Crippen LogP contribution in [0.2, 0.25) is 0 Å². The normalized spacial score (nSPS) is 12.3. The Labute approximate surface area is 144 Å². The van der Waals surface area contributed by atoms with Gasteiger partial charge in [0.2, 0.25) is 16.4 Å². The molecule has 0 heterocycles. The minimum Gasteiger partial charge on any atom is -0.295 e. The number of rotatable bonds is 5. The second kappa shape index (κ2) is 7.37. The summed E-state index contributed by atoms with van der Waals surface area (Å²) in [5.74, 6) is -1.09. The van der Waals surface area contributed by atoms with Crippen molar-refractivity contribution in [3.8, 4) is 0 Å². The number of hydrogen-bond acceptors (Lipinski definition) is 4. The molecule has 0 unspecified atom stereocenters. The Hall–Kier alpha value is -2.84. The van der Waals surface area contributed by atoms with Gasteiger partial charge in [0.1, 0.15) is 5.82 Å². The number of sulfonamides is 1. The van der Waals surface area contributed by atoms with E-state index in [0.29, 0.717) is 16.7 Å². The van der Waals surface area contributed by atoms with Crippen molar-refractivity contribution in [3.05, 3.63) is 65.5 Å². The van der Waals surface area contributed by atoms with Gasteiger partial charge in [-0.3, -0.25) is 14.9 Å². The summed E-state index contributed by atoms with van der Waals surface area (Å²) in [5.41, 5.74) is 1.60. The fraction of sp³-hybridized carbons (Fsp3) is 0.0588. The fourth-order valence-electron chi connectivity index (χ4n) is 2.30. The molecule has 0 bridgehead atoms. The molecule has 130 valence electrons. The van der Waals surface area contributed by atoms with E-state index < -0.39 is 21.7 Å². The Morgan fingerprint density at radius 1 is 1.04 bits per heavy atom. The van der Waals surface area contributed by atoms with Crippen molar-refractivity contribution in [2.75, 3.05) is 0 Å². The molecule has 0 radical (unpaired) electrons. The monoisotopic (exact) mass is 362 g/mol. The quantitative estimate of drug-likeness (QED) is 0.479. The largest absolute Gasteiger partial charge is 0.295 e. The van der Waals surface area contributed by atoms with Gasteiger partial charge in [-0.25, -0.2) is 17.9 Å². The molecule has 0 fully saturated rings. The third kappa shape index (κ3) is 4.37. The van der Waals surface area contributed by atoms with E-state index in [0.717, 1.165) is 0 Å².